The summed E-state index contributed by atoms with van der Waals surface area (Å²) in [6.45, 7) is 1.13. The lowest BCUT2D eigenvalue weighted by Gasteiger charge is -2.26. The molecule has 2 fully saturated rings. The van der Waals surface area contributed by atoms with Gasteiger partial charge < -0.3 is 9.64 Å². The van der Waals surface area contributed by atoms with Crippen LogP contribution in [0.3, 0.4) is 0 Å². The number of nitrogens with zero attached hydrogens (tertiary/aromatic N) is 1. The summed E-state index contributed by atoms with van der Waals surface area (Å²) in [6, 6.07) is 7.35. The minimum Gasteiger partial charge on any atom is -0.492 e. The standard InChI is InChI=1S/C17H22ClNO2/c1-19(7-8-21-15-4-2-3-14(18)11-15)17(20)16-10-12-5-6-13(16)9-12/h2-4,11-13,16H,5-10H2,1H3. The molecule has 1 aromatic carbocycles. The van der Waals surface area contributed by atoms with Gasteiger partial charge in [0, 0.05) is 18.0 Å². The zero-order valence-electron chi connectivity index (χ0n) is 12.4. The molecule has 0 spiro atoms. The minimum absolute atomic E-state index is 0.264. The first-order valence-corrected chi connectivity index (χ1v) is 8.14. The van der Waals surface area contributed by atoms with Crippen LogP contribution in [-0.4, -0.2) is 31.0 Å². The van der Waals surface area contributed by atoms with E-state index in [2.05, 4.69) is 0 Å². The number of fused-ring (bicyclic) bond motifs is 2. The van der Waals surface area contributed by atoms with Crippen molar-refractivity contribution in [2.24, 2.45) is 17.8 Å². The van der Waals surface area contributed by atoms with E-state index in [0.29, 0.717) is 30.0 Å². The number of carbonyl (C=O) groups excluding carboxylic acids is 1. The zero-order valence-corrected chi connectivity index (χ0v) is 13.2. The fourth-order valence-corrected chi connectivity index (χ4v) is 3.98. The lowest BCUT2D eigenvalue weighted by molar-refractivity contribution is -0.136. The highest BCUT2D eigenvalue weighted by Crippen LogP contribution is 2.48. The molecule has 1 aromatic rings. The molecule has 0 aliphatic heterocycles. The van der Waals surface area contributed by atoms with E-state index in [1.165, 1.54) is 19.3 Å². The van der Waals surface area contributed by atoms with Gasteiger partial charge in [-0.05, 0) is 49.3 Å². The first-order valence-electron chi connectivity index (χ1n) is 7.77. The normalized spacial score (nSPS) is 26.9. The fourth-order valence-electron chi connectivity index (χ4n) is 3.80. The van der Waals surface area contributed by atoms with Crippen LogP contribution in [0, 0.1) is 17.8 Å². The number of likely N-dealkylation sites (N-methyl/N-ethyl adjacent to an activating group) is 1. The summed E-state index contributed by atoms with van der Waals surface area (Å²) in [4.78, 5) is 14.3. The molecule has 4 heteroatoms. The van der Waals surface area contributed by atoms with Crippen molar-refractivity contribution >= 4 is 17.5 Å². The predicted molar refractivity (Wildman–Crippen MR) is 83.5 cm³/mol. The Labute approximate surface area is 131 Å². The fraction of sp³-hybridized carbons (Fsp3) is 0.588. The molecule has 0 radical (unpaired) electrons. The lowest BCUT2D eigenvalue weighted by Crippen LogP contribution is -2.37. The highest BCUT2D eigenvalue weighted by Gasteiger charge is 2.43. The van der Waals surface area contributed by atoms with Crippen LogP contribution in [0.15, 0.2) is 24.3 Å². The van der Waals surface area contributed by atoms with Crippen molar-refractivity contribution in [1.82, 2.24) is 4.90 Å². The number of amides is 1. The average Bonchev–Trinajstić information content (AvgIpc) is 3.09. The molecule has 3 unspecified atom stereocenters. The van der Waals surface area contributed by atoms with E-state index < -0.39 is 0 Å². The second-order valence-corrected chi connectivity index (χ2v) is 6.78. The highest BCUT2D eigenvalue weighted by molar-refractivity contribution is 6.30. The van der Waals surface area contributed by atoms with E-state index in [4.69, 9.17) is 16.3 Å². The number of rotatable bonds is 5. The van der Waals surface area contributed by atoms with Gasteiger partial charge in [-0.25, -0.2) is 0 Å². The summed E-state index contributed by atoms with van der Waals surface area (Å²) in [7, 11) is 1.88. The third-order valence-corrected chi connectivity index (χ3v) is 5.16. The maximum atomic E-state index is 12.5. The molecule has 0 N–H and O–H groups in total. The smallest absolute Gasteiger partial charge is 0.225 e. The molecule has 0 saturated heterocycles. The summed E-state index contributed by atoms with van der Waals surface area (Å²) in [5, 5.41) is 0.666. The van der Waals surface area contributed by atoms with E-state index in [1.54, 1.807) is 6.07 Å². The second kappa shape index (κ2) is 6.27. The monoisotopic (exact) mass is 307 g/mol. The van der Waals surface area contributed by atoms with Gasteiger partial charge in [-0.1, -0.05) is 24.1 Å². The second-order valence-electron chi connectivity index (χ2n) is 6.35. The summed E-state index contributed by atoms with van der Waals surface area (Å²) in [5.41, 5.74) is 0. The molecule has 3 atom stereocenters. The predicted octanol–water partition coefficient (Wildman–Crippen LogP) is 3.61. The van der Waals surface area contributed by atoms with E-state index >= 15 is 0 Å². The molecule has 3 rings (SSSR count). The van der Waals surface area contributed by atoms with Crippen molar-refractivity contribution in [2.45, 2.75) is 25.7 Å². The molecule has 2 aliphatic rings. The number of hydrogen-bond donors (Lipinski definition) is 0. The van der Waals surface area contributed by atoms with Gasteiger partial charge in [0.05, 0.1) is 6.54 Å². The molecular weight excluding hydrogens is 286 g/mol. The van der Waals surface area contributed by atoms with Crippen LogP contribution < -0.4 is 4.74 Å². The average molecular weight is 308 g/mol. The minimum atomic E-state index is 0.264. The largest absolute Gasteiger partial charge is 0.492 e. The van der Waals surface area contributed by atoms with Gasteiger partial charge in [0.25, 0.3) is 0 Å². The topological polar surface area (TPSA) is 29.5 Å². The van der Waals surface area contributed by atoms with E-state index in [0.717, 1.165) is 18.1 Å². The van der Waals surface area contributed by atoms with E-state index in [9.17, 15) is 4.79 Å². The Hall–Kier alpha value is -1.22. The van der Waals surface area contributed by atoms with Gasteiger partial charge >= 0.3 is 0 Å². The Bertz CT molecular complexity index is 519. The Morgan fingerprint density at radius 1 is 1.38 bits per heavy atom. The molecule has 0 heterocycles. The van der Waals surface area contributed by atoms with Crippen LogP contribution in [0.25, 0.3) is 0 Å². The van der Waals surface area contributed by atoms with Crippen LogP contribution in [-0.2, 0) is 4.79 Å². The van der Waals surface area contributed by atoms with Crippen LogP contribution >= 0.6 is 11.6 Å². The molecule has 21 heavy (non-hydrogen) atoms. The van der Waals surface area contributed by atoms with Crippen molar-refractivity contribution in [3.05, 3.63) is 29.3 Å². The van der Waals surface area contributed by atoms with Gasteiger partial charge in [-0.3, -0.25) is 4.79 Å². The maximum Gasteiger partial charge on any atom is 0.225 e. The Morgan fingerprint density at radius 3 is 2.90 bits per heavy atom. The van der Waals surface area contributed by atoms with Crippen molar-refractivity contribution in [3.8, 4) is 5.75 Å². The lowest BCUT2D eigenvalue weighted by atomic mass is 9.88. The zero-order chi connectivity index (χ0) is 14.8. The number of ether oxygens (including phenoxy) is 1. The summed E-state index contributed by atoms with van der Waals surface area (Å²) in [6.07, 6.45) is 4.94. The van der Waals surface area contributed by atoms with Crippen molar-refractivity contribution < 1.29 is 9.53 Å². The van der Waals surface area contributed by atoms with Gasteiger partial charge in [-0.15, -0.1) is 0 Å². The van der Waals surface area contributed by atoms with Gasteiger partial charge in [-0.2, -0.15) is 0 Å². The van der Waals surface area contributed by atoms with Gasteiger partial charge in [0.1, 0.15) is 12.4 Å². The van der Waals surface area contributed by atoms with Crippen molar-refractivity contribution in [2.75, 3.05) is 20.2 Å². The SMILES string of the molecule is CN(CCOc1cccc(Cl)c1)C(=O)C1CC2CCC1C2. The number of benzene rings is 1. The van der Waals surface area contributed by atoms with E-state index in [-0.39, 0.29) is 5.92 Å². The quantitative estimate of drug-likeness (QED) is 0.831. The molecule has 3 nitrogen and oxygen atoms in total. The molecule has 2 bridgehead atoms. The summed E-state index contributed by atoms with van der Waals surface area (Å²) in [5.74, 6) is 2.76. The third-order valence-electron chi connectivity index (χ3n) is 4.92. The number of hydrogen-bond acceptors (Lipinski definition) is 2. The van der Waals surface area contributed by atoms with Crippen LogP contribution in [0.2, 0.25) is 5.02 Å². The molecule has 2 saturated carbocycles. The molecule has 2 aliphatic carbocycles. The maximum absolute atomic E-state index is 12.5. The highest BCUT2D eigenvalue weighted by atomic mass is 35.5. The van der Waals surface area contributed by atoms with Crippen LogP contribution in [0.4, 0.5) is 0 Å². The Morgan fingerprint density at radius 2 is 2.24 bits per heavy atom. The third kappa shape index (κ3) is 3.34. The summed E-state index contributed by atoms with van der Waals surface area (Å²) < 4.78 is 5.65. The molecule has 0 aromatic heterocycles. The number of halogens is 1. The Kier molecular flexibility index (Phi) is 4.39. The number of carbonyl (C=O) groups is 1. The van der Waals surface area contributed by atoms with Crippen LogP contribution in [0.5, 0.6) is 5.75 Å². The molecular formula is C17H22ClNO2. The summed E-state index contributed by atoms with van der Waals surface area (Å²) >= 11 is 5.91. The molecule has 114 valence electrons. The van der Waals surface area contributed by atoms with Crippen LogP contribution in [0.1, 0.15) is 25.7 Å². The molecule has 1 amide bonds. The van der Waals surface area contributed by atoms with Gasteiger partial charge in [0.15, 0.2) is 0 Å². The van der Waals surface area contributed by atoms with E-state index in [1.807, 2.05) is 30.1 Å². The van der Waals surface area contributed by atoms with Crippen molar-refractivity contribution in [1.29, 1.82) is 0 Å². The first kappa shape index (κ1) is 14.7. The Balaban J connectivity index is 1.46. The van der Waals surface area contributed by atoms with Gasteiger partial charge in [0.2, 0.25) is 5.91 Å². The van der Waals surface area contributed by atoms with Crippen molar-refractivity contribution in [3.63, 3.8) is 0 Å². The first-order chi connectivity index (χ1) is 10.1.